The molecule has 3 heteroatoms. The summed E-state index contributed by atoms with van der Waals surface area (Å²) < 4.78 is 0. The topological polar surface area (TPSA) is 50.9 Å². The first-order chi connectivity index (χ1) is 13.7. The summed E-state index contributed by atoms with van der Waals surface area (Å²) >= 11 is 0. The van der Waals surface area contributed by atoms with E-state index in [4.69, 9.17) is 10.7 Å². The van der Waals surface area contributed by atoms with Gasteiger partial charge < -0.3 is 11.1 Å². The third kappa shape index (κ3) is 3.62. The quantitative estimate of drug-likeness (QED) is 0.486. The molecule has 3 N–H and O–H groups in total. The second-order valence-corrected chi connectivity index (χ2v) is 7.18. The lowest BCUT2D eigenvalue weighted by Crippen LogP contribution is -2.14. The molecule has 0 atom stereocenters. The van der Waals surface area contributed by atoms with Gasteiger partial charge in [0.05, 0.1) is 5.69 Å². The Morgan fingerprint density at radius 3 is 2.29 bits per heavy atom. The Kier molecular flexibility index (Phi) is 5.09. The highest BCUT2D eigenvalue weighted by Crippen LogP contribution is 2.31. The average Bonchev–Trinajstić information content (AvgIpc) is 2.73. The van der Waals surface area contributed by atoms with Crippen molar-refractivity contribution in [2.45, 2.75) is 13.8 Å². The predicted molar refractivity (Wildman–Crippen MR) is 120 cm³/mol. The predicted octanol–water partition coefficient (Wildman–Crippen LogP) is 5.56. The van der Waals surface area contributed by atoms with Crippen LogP contribution in [-0.4, -0.2) is 18.1 Å². The molecule has 28 heavy (non-hydrogen) atoms. The van der Waals surface area contributed by atoms with Crippen molar-refractivity contribution in [1.29, 1.82) is 0 Å². The maximum atomic E-state index is 5.72. The highest BCUT2D eigenvalue weighted by Gasteiger charge is 2.10. The Bertz CT molecular complexity index is 1120. The molecule has 4 rings (SSSR count). The van der Waals surface area contributed by atoms with Gasteiger partial charge in [0.15, 0.2) is 0 Å². The summed E-state index contributed by atoms with van der Waals surface area (Å²) in [5.41, 5.74) is 12.7. The van der Waals surface area contributed by atoms with Crippen molar-refractivity contribution in [2.75, 3.05) is 18.4 Å². The zero-order valence-electron chi connectivity index (χ0n) is 16.4. The zero-order valence-corrected chi connectivity index (χ0v) is 16.4. The number of pyridine rings is 1. The number of fused-ring (bicyclic) bond motifs is 1. The fourth-order valence-electron chi connectivity index (χ4n) is 3.49. The van der Waals surface area contributed by atoms with Gasteiger partial charge in [-0.1, -0.05) is 54.6 Å². The van der Waals surface area contributed by atoms with Gasteiger partial charge >= 0.3 is 0 Å². The van der Waals surface area contributed by atoms with E-state index in [1.165, 1.54) is 27.6 Å². The van der Waals surface area contributed by atoms with Crippen LogP contribution < -0.4 is 11.1 Å². The van der Waals surface area contributed by atoms with Crippen LogP contribution in [0.1, 0.15) is 11.1 Å². The van der Waals surface area contributed by atoms with Gasteiger partial charge in [-0.2, -0.15) is 0 Å². The van der Waals surface area contributed by atoms with Crippen molar-refractivity contribution in [3.05, 3.63) is 83.9 Å². The molecule has 0 fully saturated rings. The minimum absolute atomic E-state index is 0.571. The van der Waals surface area contributed by atoms with E-state index in [0.717, 1.165) is 22.5 Å². The number of hydrogen-bond donors (Lipinski definition) is 2. The standard InChI is InChI=1S/C25H25N3/c1-17-13-22-16-24(28-25(27-12-11-26)23(22)14-18(17)2)21-10-6-9-20(15-21)19-7-4-3-5-8-19/h3-10,13-16H,11-12,26H2,1-2H3,(H,27,28). The lowest BCUT2D eigenvalue weighted by molar-refractivity contribution is 1.02. The van der Waals surface area contributed by atoms with E-state index >= 15 is 0 Å². The first-order valence-corrected chi connectivity index (χ1v) is 9.67. The first kappa shape index (κ1) is 18.2. The van der Waals surface area contributed by atoms with Gasteiger partial charge in [0, 0.05) is 24.0 Å². The molecule has 3 nitrogen and oxygen atoms in total. The smallest absolute Gasteiger partial charge is 0.134 e. The van der Waals surface area contributed by atoms with Crippen molar-refractivity contribution in [3.63, 3.8) is 0 Å². The molecule has 0 aliphatic rings. The minimum atomic E-state index is 0.571. The summed E-state index contributed by atoms with van der Waals surface area (Å²) in [6, 6.07) is 25.6. The second kappa shape index (κ2) is 7.83. The zero-order chi connectivity index (χ0) is 19.5. The van der Waals surface area contributed by atoms with E-state index < -0.39 is 0 Å². The Labute approximate surface area is 166 Å². The first-order valence-electron chi connectivity index (χ1n) is 9.67. The summed E-state index contributed by atoms with van der Waals surface area (Å²) in [5.74, 6) is 0.895. The largest absolute Gasteiger partial charge is 0.368 e. The van der Waals surface area contributed by atoms with E-state index in [-0.39, 0.29) is 0 Å². The molecule has 0 aliphatic carbocycles. The van der Waals surface area contributed by atoms with E-state index in [1.54, 1.807) is 0 Å². The average molecular weight is 367 g/mol. The van der Waals surface area contributed by atoms with Gasteiger partial charge in [-0.05, 0) is 59.7 Å². The van der Waals surface area contributed by atoms with E-state index in [1.807, 2.05) is 6.07 Å². The summed E-state index contributed by atoms with van der Waals surface area (Å²) in [5, 5.41) is 5.74. The molecule has 0 aliphatic heterocycles. The summed E-state index contributed by atoms with van der Waals surface area (Å²) in [6.07, 6.45) is 0. The van der Waals surface area contributed by atoms with Crippen molar-refractivity contribution in [2.24, 2.45) is 5.73 Å². The molecule has 0 saturated heterocycles. The lowest BCUT2D eigenvalue weighted by atomic mass is 9.99. The summed E-state index contributed by atoms with van der Waals surface area (Å²) in [7, 11) is 0. The van der Waals surface area contributed by atoms with Gasteiger partial charge in [-0.15, -0.1) is 0 Å². The summed E-state index contributed by atoms with van der Waals surface area (Å²) in [4.78, 5) is 4.95. The van der Waals surface area contributed by atoms with Gasteiger partial charge in [-0.25, -0.2) is 4.98 Å². The minimum Gasteiger partial charge on any atom is -0.368 e. The Morgan fingerprint density at radius 1 is 0.786 bits per heavy atom. The van der Waals surface area contributed by atoms with Gasteiger partial charge in [0.1, 0.15) is 5.82 Å². The van der Waals surface area contributed by atoms with Gasteiger partial charge in [-0.3, -0.25) is 0 Å². The number of anilines is 1. The molecular formula is C25H25N3. The van der Waals surface area contributed by atoms with Crippen molar-refractivity contribution in [3.8, 4) is 22.4 Å². The molecule has 3 aromatic carbocycles. The van der Waals surface area contributed by atoms with Crippen molar-refractivity contribution >= 4 is 16.6 Å². The number of nitrogens with one attached hydrogen (secondary N) is 1. The maximum absolute atomic E-state index is 5.72. The highest BCUT2D eigenvalue weighted by atomic mass is 15.0. The molecule has 0 amide bonds. The van der Waals surface area contributed by atoms with E-state index in [9.17, 15) is 0 Å². The molecule has 0 saturated carbocycles. The number of nitrogens with two attached hydrogens (primary N) is 1. The number of rotatable bonds is 5. The van der Waals surface area contributed by atoms with Crippen LogP contribution in [0.25, 0.3) is 33.2 Å². The number of benzene rings is 3. The molecule has 0 unspecified atom stereocenters. The van der Waals surface area contributed by atoms with Crippen LogP contribution in [0.2, 0.25) is 0 Å². The lowest BCUT2D eigenvalue weighted by Gasteiger charge is -2.14. The Hall–Kier alpha value is -3.17. The SMILES string of the molecule is Cc1cc2cc(-c3cccc(-c4ccccc4)c3)nc(NCCN)c2cc1C. The molecule has 0 spiro atoms. The van der Waals surface area contributed by atoms with Crippen LogP contribution in [0, 0.1) is 13.8 Å². The monoisotopic (exact) mass is 367 g/mol. The third-order valence-electron chi connectivity index (χ3n) is 5.15. The molecular weight excluding hydrogens is 342 g/mol. The van der Waals surface area contributed by atoms with Gasteiger partial charge in [0.25, 0.3) is 0 Å². The molecule has 4 aromatic rings. The van der Waals surface area contributed by atoms with Crippen LogP contribution >= 0.6 is 0 Å². The summed E-state index contributed by atoms with van der Waals surface area (Å²) in [6.45, 7) is 5.56. The third-order valence-corrected chi connectivity index (χ3v) is 5.15. The molecule has 140 valence electrons. The van der Waals surface area contributed by atoms with Gasteiger partial charge in [0.2, 0.25) is 0 Å². The van der Waals surface area contributed by atoms with Crippen LogP contribution in [-0.2, 0) is 0 Å². The normalized spacial score (nSPS) is 11.0. The fourth-order valence-corrected chi connectivity index (χ4v) is 3.49. The number of aromatic nitrogens is 1. The van der Waals surface area contributed by atoms with Crippen LogP contribution in [0.4, 0.5) is 5.82 Å². The maximum Gasteiger partial charge on any atom is 0.134 e. The van der Waals surface area contributed by atoms with Crippen molar-refractivity contribution in [1.82, 2.24) is 4.98 Å². The second-order valence-electron chi connectivity index (χ2n) is 7.18. The molecule has 0 radical (unpaired) electrons. The molecule has 0 bridgehead atoms. The Balaban J connectivity index is 1.85. The number of aryl methyl sites for hydroxylation is 2. The van der Waals surface area contributed by atoms with Crippen LogP contribution in [0.15, 0.2) is 72.8 Å². The Morgan fingerprint density at radius 2 is 1.50 bits per heavy atom. The van der Waals surface area contributed by atoms with Crippen LogP contribution in [0.3, 0.4) is 0 Å². The van der Waals surface area contributed by atoms with E-state index in [2.05, 4.69) is 85.9 Å². The fraction of sp³-hybridized carbons (Fsp3) is 0.160. The number of nitrogens with zero attached hydrogens (tertiary/aromatic N) is 1. The molecule has 1 aromatic heterocycles. The number of hydrogen-bond acceptors (Lipinski definition) is 3. The highest BCUT2D eigenvalue weighted by molar-refractivity contribution is 5.95. The van der Waals surface area contributed by atoms with E-state index in [0.29, 0.717) is 13.1 Å². The molecule has 1 heterocycles. The van der Waals surface area contributed by atoms with Crippen LogP contribution in [0.5, 0.6) is 0 Å². The van der Waals surface area contributed by atoms with Crippen molar-refractivity contribution < 1.29 is 0 Å².